The van der Waals surface area contributed by atoms with Gasteiger partial charge in [0.2, 0.25) is 0 Å². The number of aliphatic carboxylic acids is 1. The maximum absolute atomic E-state index is 10.0. The fraction of sp³-hybridized carbons (Fsp3) is 0.800. The van der Waals surface area contributed by atoms with Crippen LogP contribution in [-0.4, -0.2) is 17.1 Å². The van der Waals surface area contributed by atoms with E-state index in [9.17, 15) is 4.79 Å². The summed E-state index contributed by atoms with van der Waals surface area (Å²) in [5.41, 5.74) is 5.16. The predicted octanol–water partition coefficient (Wildman–Crippen LogP) is 0.0543. The summed E-state index contributed by atoms with van der Waals surface area (Å²) in [7, 11) is 0. The predicted molar refractivity (Wildman–Crippen MR) is 30.4 cm³/mol. The van der Waals surface area contributed by atoms with Crippen molar-refractivity contribution in [1.29, 1.82) is 0 Å². The van der Waals surface area contributed by atoms with Crippen LogP contribution < -0.4 is 5.73 Å². The highest BCUT2D eigenvalue weighted by Crippen LogP contribution is 1.96. The highest BCUT2D eigenvalue weighted by Gasteiger charge is 2.14. The highest BCUT2D eigenvalue weighted by atomic mass is 16.4. The number of nitrogens with two attached hydrogens (primary N) is 1. The first-order valence-corrected chi connectivity index (χ1v) is 2.54. The topological polar surface area (TPSA) is 63.3 Å². The molecule has 0 spiro atoms. The standard InChI is InChI=1S/C5H11NO2/c1-3(2)4(6)5(7)8/h3-4H,6H2,1-2H3,(H,7,8)/i3-1. The van der Waals surface area contributed by atoms with Crippen molar-refractivity contribution < 1.29 is 9.90 Å². The Labute approximate surface area is 48.5 Å². The van der Waals surface area contributed by atoms with E-state index in [2.05, 4.69) is 0 Å². The minimum absolute atomic E-state index is 0.0208. The monoisotopic (exact) mass is 116 g/mol. The SMILES string of the molecule is C[11CH](C)C(N)C(=O)O. The molecular formula is C5H11NO2. The molecule has 0 radical (unpaired) electrons. The molecule has 0 saturated heterocycles. The number of rotatable bonds is 2. The van der Waals surface area contributed by atoms with Crippen LogP contribution >= 0.6 is 0 Å². The minimum Gasteiger partial charge on any atom is -0.480 e. The van der Waals surface area contributed by atoms with Crippen LogP contribution in [0.2, 0.25) is 0 Å². The van der Waals surface area contributed by atoms with Crippen molar-refractivity contribution in [2.45, 2.75) is 19.9 Å². The van der Waals surface area contributed by atoms with E-state index < -0.39 is 12.0 Å². The molecule has 0 aliphatic heterocycles. The van der Waals surface area contributed by atoms with Gasteiger partial charge in [-0.15, -0.1) is 0 Å². The van der Waals surface area contributed by atoms with Crippen LogP contribution in [0.1, 0.15) is 13.8 Å². The zero-order valence-corrected chi connectivity index (χ0v) is 5.09. The second kappa shape index (κ2) is 2.67. The van der Waals surface area contributed by atoms with Crippen LogP contribution in [0.25, 0.3) is 0 Å². The number of carboxylic acid groups (broad SMARTS) is 1. The summed E-state index contributed by atoms with van der Waals surface area (Å²) in [6, 6.07) is -0.713. The van der Waals surface area contributed by atoms with Crippen molar-refractivity contribution >= 4 is 5.97 Å². The van der Waals surface area contributed by atoms with Crippen LogP contribution in [0.3, 0.4) is 0 Å². The number of carboxylic acids is 1. The van der Waals surface area contributed by atoms with Crippen LogP contribution in [0, 0.1) is 5.92 Å². The van der Waals surface area contributed by atoms with Gasteiger partial charge in [0.15, 0.2) is 0 Å². The quantitative estimate of drug-likeness (QED) is 0.536. The number of hydrogen-bond acceptors (Lipinski definition) is 2. The lowest BCUT2D eigenvalue weighted by Gasteiger charge is -2.07. The fourth-order valence-electron chi connectivity index (χ4n) is 0.285. The molecule has 3 N–H and O–H groups in total. The van der Waals surface area contributed by atoms with Crippen molar-refractivity contribution in [2.75, 3.05) is 0 Å². The Bertz CT molecular complexity index is 90.4. The maximum atomic E-state index is 10.0. The molecule has 0 fully saturated rings. The molecule has 0 bridgehead atoms. The summed E-state index contributed by atoms with van der Waals surface area (Å²) in [5.74, 6) is -0.910. The molecule has 1 atom stereocenters. The molecule has 0 aromatic carbocycles. The van der Waals surface area contributed by atoms with E-state index in [1.165, 1.54) is 0 Å². The molecule has 0 heterocycles. The van der Waals surface area contributed by atoms with Gasteiger partial charge >= 0.3 is 5.97 Å². The summed E-state index contributed by atoms with van der Waals surface area (Å²) >= 11 is 0. The largest absolute Gasteiger partial charge is 0.480 e. The van der Waals surface area contributed by atoms with Crippen molar-refractivity contribution in [3.8, 4) is 0 Å². The van der Waals surface area contributed by atoms with Gasteiger partial charge in [-0.25, -0.2) is 0 Å². The summed E-state index contributed by atoms with van der Waals surface area (Å²) in [6.07, 6.45) is 0. The Morgan fingerprint density at radius 3 is 2.00 bits per heavy atom. The number of hydrogen-bond donors (Lipinski definition) is 2. The zero-order chi connectivity index (χ0) is 6.73. The number of carbonyl (C=O) groups is 1. The molecule has 0 aromatic rings. The van der Waals surface area contributed by atoms with Gasteiger partial charge in [0.25, 0.3) is 0 Å². The Hall–Kier alpha value is -0.570. The van der Waals surface area contributed by atoms with E-state index >= 15 is 0 Å². The molecule has 0 aromatic heterocycles. The van der Waals surface area contributed by atoms with Gasteiger partial charge in [0, 0.05) is 0 Å². The summed E-state index contributed by atoms with van der Waals surface area (Å²) in [5, 5.41) is 8.23. The summed E-state index contributed by atoms with van der Waals surface area (Å²) < 4.78 is 0. The second-order valence-corrected chi connectivity index (χ2v) is 2.11. The fourth-order valence-corrected chi connectivity index (χ4v) is 0.285. The molecule has 0 aliphatic rings. The van der Waals surface area contributed by atoms with Gasteiger partial charge in [-0.2, -0.15) is 0 Å². The van der Waals surface area contributed by atoms with E-state index in [1.54, 1.807) is 13.8 Å². The Morgan fingerprint density at radius 2 is 2.00 bits per heavy atom. The lowest BCUT2D eigenvalue weighted by atomic mass is 9.60. The van der Waals surface area contributed by atoms with Gasteiger partial charge < -0.3 is 10.8 Å². The maximum Gasteiger partial charge on any atom is 0.320 e. The van der Waals surface area contributed by atoms with Crippen molar-refractivity contribution in [2.24, 2.45) is 11.7 Å². The van der Waals surface area contributed by atoms with E-state index in [0.717, 1.165) is 0 Å². The van der Waals surface area contributed by atoms with Gasteiger partial charge in [0.05, 0.1) is 0 Å². The molecule has 1 unspecified atom stereocenters. The average molecular weight is 116 g/mol. The second-order valence-electron chi connectivity index (χ2n) is 2.11. The van der Waals surface area contributed by atoms with Crippen LogP contribution in [0.15, 0.2) is 0 Å². The Balaban J connectivity index is 3.64. The molecule has 0 amide bonds. The molecule has 0 aliphatic carbocycles. The molecule has 3 nitrogen and oxygen atoms in total. The molecule has 3 heteroatoms. The third-order valence-corrected chi connectivity index (χ3v) is 1.00. The van der Waals surface area contributed by atoms with E-state index in [0.29, 0.717) is 0 Å². The zero-order valence-electron chi connectivity index (χ0n) is 5.09. The average Bonchev–Trinajstić information content (AvgIpc) is 1.64. The smallest absolute Gasteiger partial charge is 0.320 e. The highest BCUT2D eigenvalue weighted by molar-refractivity contribution is 5.73. The van der Waals surface area contributed by atoms with Gasteiger partial charge in [-0.05, 0) is 5.92 Å². The van der Waals surface area contributed by atoms with Crippen LogP contribution in [-0.2, 0) is 4.79 Å². The van der Waals surface area contributed by atoms with E-state index in [-0.39, 0.29) is 5.92 Å². The van der Waals surface area contributed by atoms with Crippen LogP contribution in [0.5, 0.6) is 0 Å². The third-order valence-electron chi connectivity index (χ3n) is 1.00. The lowest BCUT2D eigenvalue weighted by Crippen LogP contribution is -2.34. The van der Waals surface area contributed by atoms with Crippen molar-refractivity contribution in [3.63, 3.8) is 0 Å². The van der Waals surface area contributed by atoms with Gasteiger partial charge in [-0.3, -0.25) is 4.79 Å². The molecule has 8 heavy (non-hydrogen) atoms. The van der Waals surface area contributed by atoms with Crippen LogP contribution in [0.4, 0.5) is 0 Å². The molecule has 0 rings (SSSR count). The first kappa shape index (κ1) is 7.43. The third kappa shape index (κ3) is 1.93. The van der Waals surface area contributed by atoms with Gasteiger partial charge in [0.1, 0.15) is 6.04 Å². The van der Waals surface area contributed by atoms with E-state index in [1.807, 2.05) is 0 Å². The summed E-state index contributed by atoms with van der Waals surface area (Å²) in [6.45, 7) is 3.55. The minimum atomic E-state index is -0.931. The first-order valence-electron chi connectivity index (χ1n) is 2.54. The van der Waals surface area contributed by atoms with Crippen molar-refractivity contribution in [1.82, 2.24) is 0 Å². The first-order chi connectivity index (χ1) is 3.55. The van der Waals surface area contributed by atoms with Gasteiger partial charge in [-0.1, -0.05) is 13.8 Å². The molecular weight excluding hydrogens is 105 g/mol. The normalized spacial score (nSPS) is 14.0. The molecule has 48 valence electrons. The van der Waals surface area contributed by atoms with Crippen molar-refractivity contribution in [3.05, 3.63) is 0 Å². The Morgan fingerprint density at radius 1 is 1.62 bits per heavy atom. The van der Waals surface area contributed by atoms with E-state index in [4.69, 9.17) is 10.8 Å². The Kier molecular flexibility index (Phi) is 2.48. The lowest BCUT2D eigenvalue weighted by molar-refractivity contribution is -0.139. The summed E-state index contributed by atoms with van der Waals surface area (Å²) in [4.78, 5) is 10.0. The molecule has 0 saturated carbocycles.